The largest absolute Gasteiger partial charge is 0.496 e. The molecule has 0 radical (unpaired) electrons. The molecule has 0 aliphatic heterocycles. The summed E-state index contributed by atoms with van der Waals surface area (Å²) in [6, 6.07) is 11.7. The molecule has 1 saturated carbocycles. The van der Waals surface area contributed by atoms with Crippen molar-refractivity contribution in [2.75, 3.05) is 7.11 Å². The first-order valence-corrected chi connectivity index (χ1v) is 10.5. The van der Waals surface area contributed by atoms with E-state index in [-0.39, 0.29) is 10.3 Å². The number of sulfone groups is 1. The molecular formula is C22H20F2O3S. The van der Waals surface area contributed by atoms with Crippen LogP contribution in [0.1, 0.15) is 29.5 Å². The molecule has 146 valence electrons. The van der Waals surface area contributed by atoms with Crippen LogP contribution in [0.5, 0.6) is 5.75 Å². The van der Waals surface area contributed by atoms with Crippen molar-refractivity contribution in [2.45, 2.75) is 30.4 Å². The van der Waals surface area contributed by atoms with Gasteiger partial charge >= 0.3 is 5.76 Å². The molecule has 2 aromatic rings. The molecule has 4 rings (SSSR count). The van der Waals surface area contributed by atoms with Gasteiger partial charge in [-0.1, -0.05) is 30.4 Å². The van der Waals surface area contributed by atoms with Gasteiger partial charge in [-0.3, -0.25) is 0 Å². The molecular weight excluding hydrogens is 382 g/mol. The molecule has 0 atom stereocenters. The highest BCUT2D eigenvalue weighted by Crippen LogP contribution is 2.57. The van der Waals surface area contributed by atoms with Crippen LogP contribution in [0.2, 0.25) is 0 Å². The van der Waals surface area contributed by atoms with Crippen LogP contribution in [-0.4, -0.2) is 21.3 Å². The van der Waals surface area contributed by atoms with E-state index < -0.39 is 15.6 Å². The fourth-order valence-corrected chi connectivity index (χ4v) is 4.38. The number of hydrogen-bond donors (Lipinski definition) is 0. The summed E-state index contributed by atoms with van der Waals surface area (Å²) in [5.41, 5.74) is 5.03. The maximum Gasteiger partial charge on any atom is 0.341 e. The number of aryl methyl sites for hydroxylation is 1. The van der Waals surface area contributed by atoms with Gasteiger partial charge in [-0.05, 0) is 71.9 Å². The number of benzene rings is 2. The summed E-state index contributed by atoms with van der Waals surface area (Å²) >= 11 is 0. The lowest BCUT2D eigenvalue weighted by molar-refractivity contribution is 0.234. The highest BCUT2D eigenvalue weighted by Gasteiger charge is 2.43. The van der Waals surface area contributed by atoms with Gasteiger partial charge in [-0.25, -0.2) is 8.42 Å². The van der Waals surface area contributed by atoms with Crippen molar-refractivity contribution >= 4 is 21.0 Å². The Bertz CT molecular complexity index is 1090. The molecule has 0 unspecified atom stereocenters. The normalized spacial score (nSPS) is 17.6. The molecule has 1 fully saturated rings. The first-order valence-electron chi connectivity index (χ1n) is 8.99. The summed E-state index contributed by atoms with van der Waals surface area (Å²) in [4.78, 5) is -0.364. The predicted molar refractivity (Wildman–Crippen MR) is 105 cm³/mol. The van der Waals surface area contributed by atoms with E-state index in [9.17, 15) is 17.2 Å². The van der Waals surface area contributed by atoms with Crippen LogP contribution >= 0.6 is 0 Å². The predicted octanol–water partition coefficient (Wildman–Crippen LogP) is 5.26. The smallest absolute Gasteiger partial charge is 0.341 e. The summed E-state index contributed by atoms with van der Waals surface area (Å²) in [6.45, 7) is 1.98. The van der Waals surface area contributed by atoms with Crippen molar-refractivity contribution in [2.24, 2.45) is 5.41 Å². The van der Waals surface area contributed by atoms with E-state index >= 15 is 0 Å². The lowest BCUT2D eigenvalue weighted by Crippen LogP contribution is -2.11. The van der Waals surface area contributed by atoms with Crippen LogP contribution in [0.25, 0.3) is 11.1 Å². The van der Waals surface area contributed by atoms with E-state index in [1.54, 1.807) is 19.2 Å². The first kappa shape index (κ1) is 18.9. The molecule has 28 heavy (non-hydrogen) atoms. The van der Waals surface area contributed by atoms with Crippen LogP contribution in [0, 0.1) is 12.3 Å². The lowest BCUT2D eigenvalue weighted by Gasteiger charge is -2.13. The average molecular weight is 402 g/mol. The highest BCUT2D eigenvalue weighted by molar-refractivity contribution is 7.91. The minimum atomic E-state index is -4.59. The fourth-order valence-electron chi connectivity index (χ4n) is 3.66. The Morgan fingerprint density at radius 3 is 2.04 bits per heavy atom. The van der Waals surface area contributed by atoms with Crippen molar-refractivity contribution in [3.05, 3.63) is 71.3 Å². The molecule has 0 saturated heterocycles. The third kappa shape index (κ3) is 3.15. The zero-order valence-electron chi connectivity index (χ0n) is 15.6. The Morgan fingerprint density at radius 1 is 0.964 bits per heavy atom. The summed E-state index contributed by atoms with van der Waals surface area (Å²) in [6.07, 6.45) is 6.62. The second-order valence-corrected chi connectivity index (χ2v) is 9.28. The molecule has 2 aliphatic carbocycles. The Balaban J connectivity index is 1.73. The van der Waals surface area contributed by atoms with Gasteiger partial charge in [-0.2, -0.15) is 8.78 Å². The molecule has 0 bridgehead atoms. The van der Waals surface area contributed by atoms with Gasteiger partial charge in [0, 0.05) is 5.41 Å². The van der Waals surface area contributed by atoms with Gasteiger partial charge in [-0.15, -0.1) is 0 Å². The second-order valence-electron chi connectivity index (χ2n) is 7.36. The Labute approximate surface area is 163 Å². The monoisotopic (exact) mass is 402 g/mol. The minimum Gasteiger partial charge on any atom is -0.496 e. The number of rotatable bonds is 5. The van der Waals surface area contributed by atoms with Gasteiger partial charge in [0.15, 0.2) is 0 Å². The summed E-state index contributed by atoms with van der Waals surface area (Å²) < 4.78 is 54.2. The van der Waals surface area contributed by atoms with Gasteiger partial charge in [0.05, 0.1) is 12.0 Å². The van der Waals surface area contributed by atoms with Gasteiger partial charge < -0.3 is 4.74 Å². The molecule has 0 amide bonds. The Morgan fingerprint density at radius 2 is 1.54 bits per heavy atom. The van der Waals surface area contributed by atoms with Gasteiger partial charge in [0.2, 0.25) is 9.84 Å². The van der Waals surface area contributed by atoms with Crippen LogP contribution < -0.4 is 4.74 Å². The maximum atomic E-state index is 12.8. The Kier molecular flexibility index (Phi) is 4.42. The molecule has 0 aromatic heterocycles. The van der Waals surface area contributed by atoms with Gasteiger partial charge in [0.1, 0.15) is 5.75 Å². The van der Waals surface area contributed by atoms with Crippen LogP contribution in [0.15, 0.2) is 59.5 Å². The SMILES string of the molecule is COc1ccc(C2=CC3(C=C2c2ccc(S(=O)(=O)C(F)F)cc2)CC3)cc1C. The fraction of sp³-hybridized carbons (Fsp3) is 0.273. The molecule has 1 spiro atoms. The number of alkyl halides is 2. The van der Waals surface area contributed by atoms with Crippen molar-refractivity contribution in [3.63, 3.8) is 0 Å². The quantitative estimate of drug-likeness (QED) is 0.685. The zero-order valence-corrected chi connectivity index (χ0v) is 16.4. The van der Waals surface area contributed by atoms with E-state index in [1.165, 1.54) is 12.1 Å². The van der Waals surface area contributed by atoms with E-state index in [0.717, 1.165) is 46.4 Å². The van der Waals surface area contributed by atoms with E-state index in [2.05, 4.69) is 18.2 Å². The van der Waals surface area contributed by atoms with Crippen molar-refractivity contribution in [1.29, 1.82) is 0 Å². The number of methoxy groups -OCH3 is 1. The third-order valence-electron chi connectivity index (χ3n) is 5.42. The summed E-state index contributed by atoms with van der Waals surface area (Å²) in [7, 11) is -2.95. The molecule has 2 aliphatic rings. The maximum absolute atomic E-state index is 12.8. The molecule has 6 heteroatoms. The van der Waals surface area contributed by atoms with E-state index in [0.29, 0.717) is 0 Å². The minimum absolute atomic E-state index is 0.0617. The molecule has 2 aromatic carbocycles. The summed E-state index contributed by atoms with van der Waals surface area (Å²) in [5, 5.41) is 0. The highest BCUT2D eigenvalue weighted by atomic mass is 32.2. The molecule has 0 N–H and O–H groups in total. The Hall–Kier alpha value is -2.47. The second kappa shape index (κ2) is 6.55. The van der Waals surface area contributed by atoms with E-state index in [4.69, 9.17) is 4.74 Å². The molecule has 3 nitrogen and oxygen atoms in total. The standard InChI is InChI=1S/C22H20F2O3S/c1-14-11-16(5-8-20(14)27-2)19-13-22(9-10-22)12-18(19)15-3-6-17(7-4-15)28(25,26)21(23)24/h3-8,11-13,21H,9-10H2,1-2H3. The van der Waals surface area contributed by atoms with Crippen molar-refractivity contribution < 1.29 is 21.9 Å². The van der Waals surface area contributed by atoms with Crippen LogP contribution in [-0.2, 0) is 9.84 Å². The first-order chi connectivity index (χ1) is 13.3. The number of hydrogen-bond acceptors (Lipinski definition) is 3. The van der Waals surface area contributed by atoms with Crippen LogP contribution in [0.4, 0.5) is 8.78 Å². The topological polar surface area (TPSA) is 43.4 Å². The number of allylic oxidation sites excluding steroid dienone is 4. The van der Waals surface area contributed by atoms with Crippen LogP contribution in [0.3, 0.4) is 0 Å². The zero-order chi connectivity index (χ0) is 20.1. The third-order valence-corrected chi connectivity index (χ3v) is 6.81. The van der Waals surface area contributed by atoms with Gasteiger partial charge in [0.25, 0.3) is 0 Å². The average Bonchev–Trinajstić information content (AvgIpc) is 3.32. The van der Waals surface area contributed by atoms with Crippen molar-refractivity contribution in [3.8, 4) is 5.75 Å². The number of ether oxygens (including phenoxy) is 1. The molecule has 0 heterocycles. The lowest BCUT2D eigenvalue weighted by atomic mass is 9.94. The summed E-state index contributed by atoms with van der Waals surface area (Å²) in [5.74, 6) is -2.60. The van der Waals surface area contributed by atoms with Crippen molar-refractivity contribution in [1.82, 2.24) is 0 Å². The van der Waals surface area contributed by atoms with E-state index in [1.807, 2.05) is 19.1 Å². The number of halogens is 2.